The van der Waals surface area contributed by atoms with Crippen molar-refractivity contribution < 1.29 is 20.4 Å². The fourth-order valence-electron chi connectivity index (χ4n) is 4.45. The number of aromatic nitrogens is 3. The minimum absolute atomic E-state index is 0.180. The van der Waals surface area contributed by atoms with Gasteiger partial charge in [0.2, 0.25) is 5.95 Å². The van der Waals surface area contributed by atoms with Gasteiger partial charge in [-0.05, 0) is 31.5 Å². The molecule has 10 heteroatoms. The monoisotopic (exact) mass is 493 g/mol. The van der Waals surface area contributed by atoms with Crippen LogP contribution in [0.25, 0.3) is 20.8 Å². The Morgan fingerprint density at radius 1 is 1.00 bits per heavy atom. The van der Waals surface area contributed by atoms with Crippen molar-refractivity contribution in [3.8, 4) is 16.3 Å². The summed E-state index contributed by atoms with van der Waals surface area (Å²) in [5.74, 6) is 0.588. The summed E-state index contributed by atoms with van der Waals surface area (Å²) in [6.45, 7) is 1.98. The molecule has 1 aliphatic rings. The highest BCUT2D eigenvalue weighted by molar-refractivity contribution is 7.21. The first-order valence-electron chi connectivity index (χ1n) is 11.4. The van der Waals surface area contributed by atoms with Crippen LogP contribution in [0.3, 0.4) is 0 Å². The summed E-state index contributed by atoms with van der Waals surface area (Å²) in [5, 5.41) is 47.7. The zero-order valence-electron chi connectivity index (χ0n) is 19.1. The molecule has 182 valence electrons. The summed E-state index contributed by atoms with van der Waals surface area (Å²) in [5.41, 5.74) is 2.98. The lowest BCUT2D eigenvalue weighted by Gasteiger charge is -2.21. The van der Waals surface area contributed by atoms with Gasteiger partial charge in [-0.3, -0.25) is 0 Å². The molecule has 2 aromatic heterocycles. The van der Waals surface area contributed by atoms with E-state index in [1.165, 1.54) is 11.3 Å². The predicted molar refractivity (Wildman–Crippen MR) is 135 cm³/mol. The molecule has 0 spiro atoms. The molecular formula is C25H27N5O4S. The molecule has 1 aliphatic carbocycles. The molecule has 5 rings (SSSR count). The molecule has 35 heavy (non-hydrogen) atoms. The smallest absolute Gasteiger partial charge is 0.225 e. The van der Waals surface area contributed by atoms with Gasteiger partial charge in [0.15, 0.2) is 0 Å². The molecule has 0 aliphatic heterocycles. The molecule has 9 nitrogen and oxygen atoms in total. The number of hydrogen-bond acceptors (Lipinski definition) is 10. The molecule has 0 bridgehead atoms. The Morgan fingerprint density at radius 2 is 1.77 bits per heavy atom. The van der Waals surface area contributed by atoms with E-state index in [1.54, 1.807) is 12.1 Å². The lowest BCUT2D eigenvalue weighted by atomic mass is 10.1. The van der Waals surface area contributed by atoms with E-state index >= 15 is 0 Å². The van der Waals surface area contributed by atoms with Crippen LogP contribution in [0.2, 0.25) is 0 Å². The van der Waals surface area contributed by atoms with E-state index < -0.39 is 24.2 Å². The average molecular weight is 494 g/mol. The number of phenols is 1. The number of anilines is 2. The Hall–Kier alpha value is -3.31. The Kier molecular flexibility index (Phi) is 6.52. The Labute approximate surface area is 206 Å². The minimum atomic E-state index is -1.05. The van der Waals surface area contributed by atoms with Crippen LogP contribution in [0, 0.1) is 12.8 Å². The fraction of sp³-hybridized carbons (Fsp3) is 0.320. The molecule has 4 atom stereocenters. The number of nitrogens with zero attached hydrogens (tertiary/aromatic N) is 3. The maximum atomic E-state index is 10.6. The number of benzene rings is 2. The van der Waals surface area contributed by atoms with E-state index in [4.69, 9.17) is 9.97 Å². The number of rotatable bonds is 7. The zero-order valence-corrected chi connectivity index (χ0v) is 19.9. The van der Waals surface area contributed by atoms with Gasteiger partial charge in [0.05, 0.1) is 33.6 Å². The van der Waals surface area contributed by atoms with E-state index in [-0.39, 0.29) is 12.4 Å². The van der Waals surface area contributed by atoms with E-state index in [9.17, 15) is 20.4 Å². The van der Waals surface area contributed by atoms with Gasteiger partial charge in [-0.25, -0.2) is 9.97 Å². The van der Waals surface area contributed by atoms with Crippen LogP contribution in [0.5, 0.6) is 5.75 Å². The SMILES string of the molecule is Cc1nc(NCc2ccccc2O)nc(NC2C[C@H](CO)[C@@H](O)[C@H]2O)c1-c1nc2ccccc2s1. The van der Waals surface area contributed by atoms with Crippen LogP contribution in [-0.4, -0.2) is 60.2 Å². The van der Waals surface area contributed by atoms with Crippen molar-refractivity contribution in [1.82, 2.24) is 15.0 Å². The van der Waals surface area contributed by atoms with E-state index in [1.807, 2.05) is 43.3 Å². The van der Waals surface area contributed by atoms with Crippen LogP contribution < -0.4 is 10.6 Å². The summed E-state index contributed by atoms with van der Waals surface area (Å²) >= 11 is 1.52. The first-order chi connectivity index (χ1) is 16.9. The maximum Gasteiger partial charge on any atom is 0.225 e. The first-order valence-corrected chi connectivity index (χ1v) is 12.2. The molecule has 6 N–H and O–H groups in total. The Balaban J connectivity index is 1.52. The largest absolute Gasteiger partial charge is 0.508 e. The number of para-hydroxylation sites is 2. The first kappa shape index (κ1) is 23.4. The van der Waals surface area contributed by atoms with Gasteiger partial charge in [0.25, 0.3) is 0 Å². The van der Waals surface area contributed by atoms with Crippen molar-refractivity contribution in [3.63, 3.8) is 0 Å². The van der Waals surface area contributed by atoms with E-state index in [0.717, 1.165) is 15.2 Å². The number of aliphatic hydroxyl groups is 3. The number of hydrogen-bond donors (Lipinski definition) is 6. The maximum absolute atomic E-state index is 10.6. The van der Waals surface area contributed by atoms with Crippen LogP contribution in [-0.2, 0) is 6.54 Å². The van der Waals surface area contributed by atoms with E-state index in [2.05, 4.69) is 15.6 Å². The summed E-state index contributed by atoms with van der Waals surface area (Å²) in [7, 11) is 0. The van der Waals surface area contributed by atoms with Crippen molar-refractivity contribution in [2.24, 2.45) is 5.92 Å². The van der Waals surface area contributed by atoms with Crippen LogP contribution in [0.15, 0.2) is 48.5 Å². The van der Waals surface area contributed by atoms with Crippen LogP contribution >= 0.6 is 11.3 Å². The second-order valence-corrected chi connectivity index (χ2v) is 9.77. The number of phenolic OH excluding ortho intramolecular Hbond substituents is 1. The number of aryl methyl sites for hydroxylation is 1. The minimum Gasteiger partial charge on any atom is -0.508 e. The third-order valence-corrected chi connectivity index (χ3v) is 7.44. The zero-order chi connectivity index (χ0) is 24.5. The van der Waals surface area contributed by atoms with Crippen LogP contribution in [0.4, 0.5) is 11.8 Å². The van der Waals surface area contributed by atoms with Gasteiger partial charge in [-0.15, -0.1) is 11.3 Å². The molecule has 1 unspecified atom stereocenters. The quantitative estimate of drug-likeness (QED) is 0.229. The van der Waals surface area contributed by atoms with Gasteiger partial charge >= 0.3 is 0 Å². The van der Waals surface area contributed by atoms with Crippen molar-refractivity contribution in [3.05, 3.63) is 59.8 Å². The molecule has 0 saturated heterocycles. The number of nitrogens with one attached hydrogen (secondary N) is 2. The van der Waals surface area contributed by atoms with E-state index in [0.29, 0.717) is 41.6 Å². The number of aliphatic hydroxyl groups excluding tert-OH is 3. The molecule has 2 heterocycles. The highest BCUT2D eigenvalue weighted by atomic mass is 32.1. The fourth-order valence-corrected chi connectivity index (χ4v) is 5.51. The number of thiazole rings is 1. The molecule has 2 aromatic carbocycles. The van der Waals surface area contributed by atoms with Crippen molar-refractivity contribution in [2.75, 3.05) is 17.2 Å². The Morgan fingerprint density at radius 3 is 2.51 bits per heavy atom. The predicted octanol–water partition coefficient (Wildman–Crippen LogP) is 2.89. The number of fused-ring (bicyclic) bond motifs is 1. The molecule has 1 saturated carbocycles. The average Bonchev–Trinajstić information content (AvgIpc) is 3.39. The summed E-state index contributed by atoms with van der Waals surface area (Å²) < 4.78 is 1.03. The van der Waals surface area contributed by atoms with Gasteiger partial charge in [0.1, 0.15) is 22.7 Å². The topological polar surface area (TPSA) is 144 Å². The molecular weight excluding hydrogens is 466 g/mol. The van der Waals surface area contributed by atoms with Gasteiger partial charge in [-0.2, -0.15) is 4.98 Å². The summed E-state index contributed by atoms with van der Waals surface area (Å²) in [4.78, 5) is 14.1. The summed E-state index contributed by atoms with van der Waals surface area (Å²) in [6.07, 6.45) is -1.68. The second kappa shape index (κ2) is 9.74. The standard InChI is InChI=1S/C25H27N5O4S/c1-13-20(24-29-16-7-3-5-9-19(16)35-24)23(28-17-10-15(12-31)21(33)22(17)34)30-25(27-13)26-11-14-6-2-4-8-18(14)32/h2-9,15,17,21-22,31-34H,10-12H2,1H3,(H2,26,27,28,30)/t15-,17?,21-,22+/m1/s1. The van der Waals surface area contributed by atoms with Gasteiger partial charge < -0.3 is 31.1 Å². The van der Waals surface area contributed by atoms with Gasteiger partial charge in [0, 0.05) is 24.6 Å². The highest BCUT2D eigenvalue weighted by Crippen LogP contribution is 2.38. The molecule has 0 amide bonds. The summed E-state index contributed by atoms with van der Waals surface area (Å²) in [6, 6.07) is 14.4. The molecule has 0 radical (unpaired) electrons. The van der Waals surface area contributed by atoms with Crippen molar-refractivity contribution in [1.29, 1.82) is 0 Å². The second-order valence-electron chi connectivity index (χ2n) is 8.74. The molecule has 1 fully saturated rings. The van der Waals surface area contributed by atoms with Crippen molar-refractivity contribution >= 4 is 33.3 Å². The van der Waals surface area contributed by atoms with Crippen LogP contribution in [0.1, 0.15) is 17.7 Å². The van der Waals surface area contributed by atoms with Crippen molar-refractivity contribution in [2.45, 2.75) is 38.1 Å². The number of aromatic hydroxyl groups is 1. The third-order valence-electron chi connectivity index (χ3n) is 6.38. The highest BCUT2D eigenvalue weighted by Gasteiger charge is 2.41. The lowest BCUT2D eigenvalue weighted by Crippen LogP contribution is -2.35. The normalized spacial score (nSPS) is 21.9. The Bertz CT molecular complexity index is 1310. The molecule has 4 aromatic rings. The lowest BCUT2D eigenvalue weighted by molar-refractivity contribution is 0.00446. The van der Waals surface area contributed by atoms with Gasteiger partial charge in [-0.1, -0.05) is 30.3 Å². The third kappa shape index (κ3) is 4.65.